The van der Waals surface area contributed by atoms with Crippen LogP contribution in [0.1, 0.15) is 5.56 Å². The summed E-state index contributed by atoms with van der Waals surface area (Å²) >= 11 is 1.48. The fourth-order valence-electron chi connectivity index (χ4n) is 1.71. The van der Waals surface area contributed by atoms with E-state index in [-0.39, 0.29) is 6.61 Å². The standard InChI is InChI=1S/C13H15N3OS/c1-18-13-15-8-11(14)12(16-13)10-4-2-3-9(7-10)5-6-17/h2-4,7-8,17H,5-6,14H2,1H3. The van der Waals surface area contributed by atoms with Crippen molar-refractivity contribution < 1.29 is 5.11 Å². The third-order valence-corrected chi connectivity index (χ3v) is 3.14. The number of nitrogens with zero attached hydrogens (tertiary/aromatic N) is 2. The number of benzene rings is 1. The predicted molar refractivity (Wildman–Crippen MR) is 74.5 cm³/mol. The Morgan fingerprint density at radius 2 is 2.22 bits per heavy atom. The number of rotatable bonds is 4. The van der Waals surface area contributed by atoms with Gasteiger partial charge in [-0.2, -0.15) is 0 Å². The van der Waals surface area contributed by atoms with Gasteiger partial charge in [-0.3, -0.25) is 0 Å². The van der Waals surface area contributed by atoms with Crippen molar-refractivity contribution in [3.8, 4) is 11.3 Å². The Labute approximate surface area is 110 Å². The fourth-order valence-corrected chi connectivity index (χ4v) is 2.05. The molecule has 94 valence electrons. The van der Waals surface area contributed by atoms with Gasteiger partial charge in [-0.15, -0.1) is 0 Å². The van der Waals surface area contributed by atoms with Crippen molar-refractivity contribution in [3.05, 3.63) is 36.0 Å². The maximum Gasteiger partial charge on any atom is 0.187 e. The maximum atomic E-state index is 8.96. The molecule has 0 atom stereocenters. The Hall–Kier alpha value is -1.59. The van der Waals surface area contributed by atoms with Gasteiger partial charge in [0.2, 0.25) is 0 Å². The normalized spacial score (nSPS) is 10.6. The van der Waals surface area contributed by atoms with Crippen LogP contribution in [-0.4, -0.2) is 27.9 Å². The van der Waals surface area contributed by atoms with Gasteiger partial charge >= 0.3 is 0 Å². The van der Waals surface area contributed by atoms with Crippen LogP contribution in [0.25, 0.3) is 11.3 Å². The van der Waals surface area contributed by atoms with Crippen LogP contribution >= 0.6 is 11.8 Å². The second-order valence-corrected chi connectivity index (χ2v) is 4.61. The molecular weight excluding hydrogens is 246 g/mol. The van der Waals surface area contributed by atoms with E-state index in [9.17, 15) is 0 Å². The molecule has 1 heterocycles. The highest BCUT2D eigenvalue weighted by Crippen LogP contribution is 2.25. The first kappa shape index (κ1) is 12.9. The number of thioether (sulfide) groups is 1. The number of aromatic nitrogens is 2. The quantitative estimate of drug-likeness (QED) is 0.650. The van der Waals surface area contributed by atoms with E-state index in [1.807, 2.05) is 30.5 Å². The van der Waals surface area contributed by atoms with Gasteiger partial charge in [0.05, 0.1) is 17.6 Å². The molecule has 0 fully saturated rings. The lowest BCUT2D eigenvalue weighted by Gasteiger charge is -2.07. The first-order chi connectivity index (χ1) is 8.74. The molecule has 0 bridgehead atoms. The van der Waals surface area contributed by atoms with Crippen LogP contribution in [0, 0.1) is 0 Å². The Bertz CT molecular complexity index is 546. The summed E-state index contributed by atoms with van der Waals surface area (Å²) in [6.45, 7) is 0.138. The van der Waals surface area contributed by atoms with Gasteiger partial charge in [0.15, 0.2) is 5.16 Å². The number of nitrogen functional groups attached to an aromatic ring is 1. The molecule has 0 spiro atoms. The molecule has 1 aromatic carbocycles. The molecule has 0 saturated carbocycles. The molecule has 18 heavy (non-hydrogen) atoms. The van der Waals surface area contributed by atoms with Crippen molar-refractivity contribution in [3.63, 3.8) is 0 Å². The van der Waals surface area contributed by atoms with Crippen LogP contribution < -0.4 is 5.73 Å². The van der Waals surface area contributed by atoms with Crippen LogP contribution in [0.5, 0.6) is 0 Å². The second-order valence-electron chi connectivity index (χ2n) is 3.83. The Morgan fingerprint density at radius 1 is 1.39 bits per heavy atom. The van der Waals surface area contributed by atoms with Crippen molar-refractivity contribution in [1.82, 2.24) is 9.97 Å². The third kappa shape index (κ3) is 2.80. The molecule has 0 aliphatic heterocycles. The summed E-state index contributed by atoms with van der Waals surface area (Å²) in [5.74, 6) is 0. The molecule has 0 unspecified atom stereocenters. The fraction of sp³-hybridized carbons (Fsp3) is 0.231. The highest BCUT2D eigenvalue weighted by molar-refractivity contribution is 7.98. The van der Waals surface area contributed by atoms with Gasteiger partial charge in [0.25, 0.3) is 0 Å². The lowest BCUT2D eigenvalue weighted by Crippen LogP contribution is -1.98. The van der Waals surface area contributed by atoms with E-state index >= 15 is 0 Å². The number of nitrogens with two attached hydrogens (primary N) is 1. The highest BCUT2D eigenvalue weighted by Gasteiger charge is 2.07. The minimum Gasteiger partial charge on any atom is -0.396 e. The Balaban J connectivity index is 2.44. The van der Waals surface area contributed by atoms with Crippen LogP contribution in [0.15, 0.2) is 35.6 Å². The largest absolute Gasteiger partial charge is 0.396 e. The monoisotopic (exact) mass is 261 g/mol. The van der Waals surface area contributed by atoms with Crippen molar-refractivity contribution >= 4 is 17.4 Å². The van der Waals surface area contributed by atoms with Gasteiger partial charge in [0, 0.05) is 12.2 Å². The Morgan fingerprint density at radius 3 is 2.94 bits per heavy atom. The minimum atomic E-state index is 0.138. The zero-order chi connectivity index (χ0) is 13.0. The summed E-state index contributed by atoms with van der Waals surface area (Å²) in [5.41, 5.74) is 9.25. The van der Waals surface area contributed by atoms with E-state index in [4.69, 9.17) is 10.8 Å². The molecule has 5 heteroatoms. The molecule has 3 N–H and O–H groups in total. The molecule has 2 rings (SSSR count). The van der Waals surface area contributed by atoms with Gasteiger partial charge < -0.3 is 10.8 Å². The lowest BCUT2D eigenvalue weighted by atomic mass is 10.1. The van der Waals surface area contributed by atoms with E-state index in [1.165, 1.54) is 11.8 Å². The molecule has 1 aromatic heterocycles. The summed E-state index contributed by atoms with van der Waals surface area (Å²) in [7, 11) is 0. The van der Waals surface area contributed by atoms with Crippen molar-refractivity contribution in [2.24, 2.45) is 0 Å². The number of hydrogen-bond donors (Lipinski definition) is 2. The highest BCUT2D eigenvalue weighted by atomic mass is 32.2. The number of aliphatic hydroxyl groups excluding tert-OH is 1. The van der Waals surface area contributed by atoms with Gasteiger partial charge in [0.1, 0.15) is 0 Å². The summed E-state index contributed by atoms with van der Waals surface area (Å²) in [6, 6.07) is 7.88. The SMILES string of the molecule is CSc1ncc(N)c(-c2cccc(CCO)c2)n1. The van der Waals surface area contributed by atoms with Crippen molar-refractivity contribution in [2.45, 2.75) is 11.6 Å². The van der Waals surface area contributed by atoms with Crippen LogP contribution in [-0.2, 0) is 6.42 Å². The zero-order valence-corrected chi connectivity index (χ0v) is 10.9. The van der Waals surface area contributed by atoms with Crippen LogP contribution in [0.3, 0.4) is 0 Å². The summed E-state index contributed by atoms with van der Waals surface area (Å²) in [4.78, 5) is 8.56. The minimum absolute atomic E-state index is 0.138. The average Bonchev–Trinajstić information content (AvgIpc) is 2.40. The average molecular weight is 261 g/mol. The lowest BCUT2D eigenvalue weighted by molar-refractivity contribution is 0.299. The Kier molecular flexibility index (Phi) is 4.17. The van der Waals surface area contributed by atoms with E-state index in [2.05, 4.69) is 9.97 Å². The topological polar surface area (TPSA) is 72.0 Å². The maximum absolute atomic E-state index is 8.96. The van der Waals surface area contributed by atoms with E-state index < -0.39 is 0 Å². The molecule has 0 saturated heterocycles. The van der Waals surface area contributed by atoms with Crippen molar-refractivity contribution in [1.29, 1.82) is 0 Å². The van der Waals surface area contributed by atoms with Crippen molar-refractivity contribution in [2.75, 3.05) is 18.6 Å². The molecule has 4 nitrogen and oxygen atoms in total. The number of aliphatic hydroxyl groups is 1. The molecule has 0 aliphatic carbocycles. The van der Waals surface area contributed by atoms with E-state index in [0.29, 0.717) is 17.3 Å². The van der Waals surface area contributed by atoms with E-state index in [0.717, 1.165) is 16.8 Å². The van der Waals surface area contributed by atoms with Crippen LogP contribution in [0.4, 0.5) is 5.69 Å². The second kappa shape index (κ2) is 5.84. The molecule has 0 aliphatic rings. The summed E-state index contributed by atoms with van der Waals surface area (Å²) < 4.78 is 0. The number of hydrogen-bond acceptors (Lipinski definition) is 5. The predicted octanol–water partition coefficient (Wildman–Crippen LogP) is 1.98. The summed E-state index contributed by atoms with van der Waals surface area (Å²) in [5, 5.41) is 9.66. The number of anilines is 1. The van der Waals surface area contributed by atoms with E-state index in [1.54, 1.807) is 6.20 Å². The molecule has 2 aromatic rings. The summed E-state index contributed by atoms with van der Waals surface area (Å²) in [6.07, 6.45) is 4.19. The zero-order valence-electron chi connectivity index (χ0n) is 10.1. The van der Waals surface area contributed by atoms with Gasteiger partial charge in [-0.05, 0) is 24.3 Å². The molecular formula is C13H15N3OS. The van der Waals surface area contributed by atoms with Gasteiger partial charge in [-0.25, -0.2) is 9.97 Å². The van der Waals surface area contributed by atoms with Crippen LogP contribution in [0.2, 0.25) is 0 Å². The molecule has 0 amide bonds. The smallest absolute Gasteiger partial charge is 0.187 e. The van der Waals surface area contributed by atoms with Gasteiger partial charge in [-0.1, -0.05) is 30.0 Å². The molecule has 0 radical (unpaired) electrons. The first-order valence-electron chi connectivity index (χ1n) is 5.61. The first-order valence-corrected chi connectivity index (χ1v) is 6.83. The third-order valence-electron chi connectivity index (χ3n) is 2.58.